The monoisotopic (exact) mass is 504 g/mol. The van der Waals surface area contributed by atoms with Crippen molar-refractivity contribution in [2.24, 2.45) is 5.73 Å². The smallest absolute Gasteiger partial charge is 0.248 e. The van der Waals surface area contributed by atoms with Crippen molar-refractivity contribution < 1.29 is 18.7 Å². The Morgan fingerprint density at radius 2 is 2.11 bits per heavy atom. The van der Waals surface area contributed by atoms with Crippen LogP contribution >= 0.6 is 0 Å². The van der Waals surface area contributed by atoms with Gasteiger partial charge >= 0.3 is 0 Å². The number of nitrogens with zero attached hydrogens (tertiary/aromatic N) is 3. The fourth-order valence-electron chi connectivity index (χ4n) is 4.78. The Balaban J connectivity index is 1.60. The lowest BCUT2D eigenvalue weighted by Crippen LogP contribution is -2.29. The first-order chi connectivity index (χ1) is 18.0. The van der Waals surface area contributed by atoms with Crippen LogP contribution in [0.15, 0.2) is 48.8 Å². The van der Waals surface area contributed by atoms with Gasteiger partial charge in [0.05, 0.1) is 14.2 Å². The third kappa shape index (κ3) is 4.79. The fourth-order valence-corrected chi connectivity index (χ4v) is 4.78. The molecule has 9 nitrogen and oxygen atoms in total. The Labute approximate surface area is 213 Å². The molecule has 5 rings (SSSR count). The van der Waals surface area contributed by atoms with Crippen molar-refractivity contribution in [1.29, 1.82) is 0 Å². The van der Waals surface area contributed by atoms with Gasteiger partial charge in [-0.05, 0) is 49.7 Å². The van der Waals surface area contributed by atoms with Crippen molar-refractivity contribution in [3.8, 4) is 22.8 Å². The SMILES string of the molecule is COc1ccc(CNc2nccn3c(C4CCCNC4)nc(-c4ccc(C(N)=O)cc4F)c23)c(OC)c1. The number of benzene rings is 2. The summed E-state index contributed by atoms with van der Waals surface area (Å²) < 4.78 is 28.1. The summed E-state index contributed by atoms with van der Waals surface area (Å²) in [6.07, 6.45) is 5.57. The van der Waals surface area contributed by atoms with Crippen LogP contribution in [0.2, 0.25) is 0 Å². The molecule has 0 aliphatic carbocycles. The molecule has 0 spiro atoms. The number of carbonyl (C=O) groups is 1. The summed E-state index contributed by atoms with van der Waals surface area (Å²) in [5.41, 5.74) is 7.74. The number of primary amides is 1. The Morgan fingerprint density at radius 1 is 1.24 bits per heavy atom. The van der Waals surface area contributed by atoms with E-state index in [9.17, 15) is 4.79 Å². The molecule has 1 fully saturated rings. The van der Waals surface area contributed by atoms with Gasteiger partial charge in [0.1, 0.15) is 34.4 Å². The van der Waals surface area contributed by atoms with Crippen LogP contribution in [0.4, 0.5) is 10.2 Å². The van der Waals surface area contributed by atoms with Gasteiger partial charge in [-0.3, -0.25) is 9.20 Å². The Hall–Kier alpha value is -4.18. The van der Waals surface area contributed by atoms with E-state index in [0.29, 0.717) is 35.1 Å². The van der Waals surface area contributed by atoms with Gasteiger partial charge in [0.25, 0.3) is 0 Å². The van der Waals surface area contributed by atoms with Crippen LogP contribution in [0.3, 0.4) is 0 Å². The number of amides is 1. The molecule has 0 radical (unpaired) electrons. The number of piperidine rings is 1. The molecule has 0 saturated carbocycles. The Bertz CT molecular complexity index is 1450. The van der Waals surface area contributed by atoms with E-state index in [2.05, 4.69) is 15.6 Å². The number of hydrogen-bond donors (Lipinski definition) is 3. The molecule has 192 valence electrons. The normalized spacial score (nSPS) is 15.5. The third-order valence-corrected chi connectivity index (χ3v) is 6.69. The zero-order valence-corrected chi connectivity index (χ0v) is 20.8. The highest BCUT2D eigenvalue weighted by molar-refractivity contribution is 5.94. The Morgan fingerprint density at radius 3 is 2.81 bits per heavy atom. The number of imidazole rings is 1. The fraction of sp³-hybridized carbons (Fsp3) is 0.296. The molecule has 37 heavy (non-hydrogen) atoms. The molecule has 1 unspecified atom stereocenters. The van der Waals surface area contributed by atoms with Gasteiger partial charge in [-0.15, -0.1) is 0 Å². The zero-order valence-electron chi connectivity index (χ0n) is 20.8. The highest BCUT2D eigenvalue weighted by Gasteiger charge is 2.26. The van der Waals surface area contributed by atoms with Crippen molar-refractivity contribution in [1.82, 2.24) is 19.7 Å². The van der Waals surface area contributed by atoms with E-state index < -0.39 is 11.7 Å². The predicted octanol–water partition coefficient (Wildman–Crippen LogP) is 3.73. The van der Waals surface area contributed by atoms with Crippen LogP contribution in [-0.2, 0) is 6.54 Å². The summed E-state index contributed by atoms with van der Waals surface area (Å²) in [6, 6.07) is 9.81. The van der Waals surface area contributed by atoms with E-state index in [1.165, 1.54) is 6.07 Å². The second-order valence-electron chi connectivity index (χ2n) is 8.95. The first kappa shape index (κ1) is 24.5. The number of halogens is 1. The lowest BCUT2D eigenvalue weighted by Gasteiger charge is -2.21. The van der Waals surface area contributed by atoms with Crippen molar-refractivity contribution in [2.75, 3.05) is 32.6 Å². The quantitative estimate of drug-likeness (QED) is 0.335. The van der Waals surface area contributed by atoms with Crippen LogP contribution in [0.25, 0.3) is 16.8 Å². The third-order valence-electron chi connectivity index (χ3n) is 6.69. The molecule has 3 heterocycles. The number of aromatic nitrogens is 3. The summed E-state index contributed by atoms with van der Waals surface area (Å²) in [6.45, 7) is 2.16. The van der Waals surface area contributed by atoms with Gasteiger partial charge in [-0.25, -0.2) is 14.4 Å². The number of fused-ring (bicyclic) bond motifs is 1. The van der Waals surface area contributed by atoms with Crippen LogP contribution in [0.1, 0.15) is 40.5 Å². The number of carbonyl (C=O) groups excluding carboxylic acids is 1. The predicted molar refractivity (Wildman–Crippen MR) is 139 cm³/mol. The van der Waals surface area contributed by atoms with Crippen LogP contribution in [-0.4, -0.2) is 47.6 Å². The number of methoxy groups -OCH3 is 2. The molecule has 2 aromatic heterocycles. The first-order valence-corrected chi connectivity index (χ1v) is 12.1. The summed E-state index contributed by atoms with van der Waals surface area (Å²) in [5, 5.41) is 6.81. The molecular weight excluding hydrogens is 475 g/mol. The van der Waals surface area contributed by atoms with Crippen LogP contribution in [0.5, 0.6) is 11.5 Å². The summed E-state index contributed by atoms with van der Waals surface area (Å²) in [5.74, 6) is 1.66. The number of nitrogens with one attached hydrogen (secondary N) is 2. The second-order valence-corrected chi connectivity index (χ2v) is 8.95. The highest BCUT2D eigenvalue weighted by Crippen LogP contribution is 2.35. The second kappa shape index (κ2) is 10.4. The van der Waals surface area contributed by atoms with E-state index in [1.54, 1.807) is 26.5 Å². The maximum absolute atomic E-state index is 15.3. The average Bonchev–Trinajstić information content (AvgIpc) is 3.32. The molecule has 0 bridgehead atoms. The maximum Gasteiger partial charge on any atom is 0.248 e. The van der Waals surface area contributed by atoms with E-state index in [0.717, 1.165) is 43.4 Å². The minimum Gasteiger partial charge on any atom is -0.497 e. The summed E-state index contributed by atoms with van der Waals surface area (Å²) >= 11 is 0. The van der Waals surface area contributed by atoms with Crippen molar-refractivity contribution in [3.05, 3.63) is 71.6 Å². The Kier molecular flexibility index (Phi) is 6.91. The van der Waals surface area contributed by atoms with Gasteiger partial charge in [-0.2, -0.15) is 0 Å². The molecule has 4 aromatic rings. The molecule has 1 aliphatic heterocycles. The number of anilines is 1. The van der Waals surface area contributed by atoms with Gasteiger partial charge in [-0.1, -0.05) is 0 Å². The lowest BCUT2D eigenvalue weighted by atomic mass is 9.99. The molecular formula is C27H29FN6O3. The van der Waals surface area contributed by atoms with Crippen molar-refractivity contribution in [2.45, 2.75) is 25.3 Å². The van der Waals surface area contributed by atoms with E-state index >= 15 is 4.39 Å². The number of rotatable bonds is 8. The number of nitrogens with two attached hydrogens (primary N) is 1. The van der Waals surface area contributed by atoms with E-state index in [1.807, 2.05) is 28.8 Å². The van der Waals surface area contributed by atoms with Gasteiger partial charge < -0.3 is 25.8 Å². The van der Waals surface area contributed by atoms with Crippen LogP contribution in [0, 0.1) is 5.82 Å². The molecule has 1 aliphatic rings. The van der Waals surface area contributed by atoms with E-state index in [4.69, 9.17) is 20.2 Å². The standard InChI is InChI=1S/C27H29FN6O3/c1-36-19-7-5-17(22(13-19)37-2)15-32-26-24-23(20-8-6-16(25(29)35)12-21(20)28)33-27(34(24)11-10-31-26)18-4-3-9-30-14-18/h5-8,10-13,18,30H,3-4,9,14-15H2,1-2H3,(H2,29,35)(H,31,32). The summed E-state index contributed by atoms with van der Waals surface area (Å²) in [4.78, 5) is 21.1. The van der Waals surface area contributed by atoms with E-state index in [-0.39, 0.29) is 17.0 Å². The largest absolute Gasteiger partial charge is 0.497 e. The molecule has 10 heteroatoms. The number of hydrogen-bond acceptors (Lipinski definition) is 7. The molecule has 1 saturated heterocycles. The minimum absolute atomic E-state index is 0.101. The minimum atomic E-state index is -0.688. The zero-order chi connectivity index (χ0) is 25.9. The molecule has 1 amide bonds. The topological polar surface area (TPSA) is 116 Å². The lowest BCUT2D eigenvalue weighted by molar-refractivity contribution is 0.1000. The molecule has 2 aromatic carbocycles. The van der Waals surface area contributed by atoms with Crippen LogP contribution < -0.4 is 25.8 Å². The van der Waals surface area contributed by atoms with Gasteiger partial charge in [0.2, 0.25) is 5.91 Å². The highest BCUT2D eigenvalue weighted by atomic mass is 19.1. The summed E-state index contributed by atoms with van der Waals surface area (Å²) in [7, 11) is 3.21. The first-order valence-electron chi connectivity index (χ1n) is 12.1. The van der Waals surface area contributed by atoms with Gasteiger partial charge in [0, 0.05) is 54.2 Å². The molecule has 4 N–H and O–H groups in total. The molecule has 1 atom stereocenters. The number of ether oxygens (including phenoxy) is 2. The maximum atomic E-state index is 15.3. The van der Waals surface area contributed by atoms with Gasteiger partial charge in [0.15, 0.2) is 5.82 Å². The van der Waals surface area contributed by atoms with Crippen molar-refractivity contribution in [3.63, 3.8) is 0 Å². The van der Waals surface area contributed by atoms with Crippen molar-refractivity contribution >= 4 is 17.2 Å². The average molecular weight is 505 g/mol.